The average molecular weight is 156 g/mol. The summed E-state index contributed by atoms with van der Waals surface area (Å²) in [6.45, 7) is 9.08. The molecule has 2 heteroatoms. The van der Waals surface area contributed by atoms with Gasteiger partial charge in [0.25, 0.3) is 0 Å². The van der Waals surface area contributed by atoms with Gasteiger partial charge in [-0.15, -0.1) is 0 Å². The molecular weight excluding hydrogens is 136 g/mol. The van der Waals surface area contributed by atoms with Crippen molar-refractivity contribution in [2.45, 2.75) is 39.3 Å². The molecule has 2 N–H and O–H groups in total. The van der Waals surface area contributed by atoms with Crippen molar-refractivity contribution in [1.29, 1.82) is 0 Å². The van der Waals surface area contributed by atoms with Crippen molar-refractivity contribution in [3.05, 3.63) is 0 Å². The van der Waals surface area contributed by atoms with E-state index in [1.807, 2.05) is 0 Å². The van der Waals surface area contributed by atoms with Crippen LogP contribution in [0.5, 0.6) is 0 Å². The molecule has 1 saturated heterocycles. The fourth-order valence-electron chi connectivity index (χ4n) is 1.86. The quantitative estimate of drug-likeness (QED) is 0.615. The third kappa shape index (κ3) is 2.46. The van der Waals surface area contributed by atoms with E-state index in [2.05, 4.69) is 25.7 Å². The minimum absolute atomic E-state index is 0.404. The summed E-state index contributed by atoms with van der Waals surface area (Å²) in [5.74, 6) is 0.779. The molecule has 1 heterocycles. The first-order valence-electron chi connectivity index (χ1n) is 4.59. The molecule has 1 aliphatic rings. The summed E-state index contributed by atoms with van der Waals surface area (Å²) in [6, 6.07) is 1.06. The van der Waals surface area contributed by atoms with Crippen LogP contribution < -0.4 is 5.73 Å². The number of nitrogens with two attached hydrogens (primary N) is 1. The van der Waals surface area contributed by atoms with Gasteiger partial charge in [-0.1, -0.05) is 6.92 Å². The van der Waals surface area contributed by atoms with Crippen LogP contribution in [0.15, 0.2) is 0 Å². The van der Waals surface area contributed by atoms with E-state index in [1.165, 1.54) is 13.0 Å². The van der Waals surface area contributed by atoms with Gasteiger partial charge < -0.3 is 5.73 Å². The zero-order chi connectivity index (χ0) is 8.43. The molecule has 0 aromatic heterocycles. The number of likely N-dealkylation sites (tertiary alicyclic amines) is 1. The maximum atomic E-state index is 5.91. The van der Waals surface area contributed by atoms with Gasteiger partial charge in [-0.05, 0) is 26.2 Å². The van der Waals surface area contributed by atoms with E-state index in [4.69, 9.17) is 5.73 Å². The third-order valence-corrected chi connectivity index (χ3v) is 2.45. The second kappa shape index (κ2) is 3.55. The van der Waals surface area contributed by atoms with Crippen LogP contribution in [-0.2, 0) is 0 Å². The Bertz CT molecular complexity index is 113. The summed E-state index contributed by atoms with van der Waals surface area (Å²) in [6.07, 6.45) is 1.20. The van der Waals surface area contributed by atoms with E-state index in [0.29, 0.717) is 12.1 Å². The summed E-state index contributed by atoms with van der Waals surface area (Å²) < 4.78 is 0. The zero-order valence-corrected chi connectivity index (χ0v) is 7.88. The molecule has 66 valence electrons. The minimum atomic E-state index is 0.404. The van der Waals surface area contributed by atoms with E-state index < -0.39 is 0 Å². The van der Waals surface area contributed by atoms with Gasteiger partial charge in [-0.25, -0.2) is 0 Å². The van der Waals surface area contributed by atoms with Crippen molar-refractivity contribution >= 4 is 0 Å². The summed E-state index contributed by atoms with van der Waals surface area (Å²) in [5.41, 5.74) is 5.91. The zero-order valence-electron chi connectivity index (χ0n) is 7.88. The monoisotopic (exact) mass is 156 g/mol. The predicted molar refractivity (Wildman–Crippen MR) is 48.5 cm³/mol. The van der Waals surface area contributed by atoms with Crippen molar-refractivity contribution in [2.75, 3.05) is 13.1 Å². The standard InChI is InChI=1S/C9H20N2/c1-7(2)11-5-8(3)4-9(10)6-11/h7-9H,4-6,10H2,1-3H3/t8-,9+/m0/s1. The van der Waals surface area contributed by atoms with Gasteiger partial charge in [0.05, 0.1) is 0 Å². The van der Waals surface area contributed by atoms with Crippen LogP contribution in [0.4, 0.5) is 0 Å². The van der Waals surface area contributed by atoms with Crippen LogP contribution in [0.3, 0.4) is 0 Å². The van der Waals surface area contributed by atoms with Crippen molar-refractivity contribution < 1.29 is 0 Å². The van der Waals surface area contributed by atoms with Crippen molar-refractivity contribution in [3.63, 3.8) is 0 Å². The van der Waals surface area contributed by atoms with E-state index in [-0.39, 0.29) is 0 Å². The summed E-state index contributed by atoms with van der Waals surface area (Å²) >= 11 is 0. The lowest BCUT2D eigenvalue weighted by atomic mass is 9.96. The van der Waals surface area contributed by atoms with Gasteiger partial charge in [0, 0.05) is 25.2 Å². The lowest BCUT2D eigenvalue weighted by Crippen LogP contribution is -2.48. The second-order valence-electron chi connectivity index (χ2n) is 4.15. The van der Waals surface area contributed by atoms with Crippen LogP contribution in [-0.4, -0.2) is 30.1 Å². The maximum Gasteiger partial charge on any atom is 0.0170 e. The number of nitrogens with zero attached hydrogens (tertiary/aromatic N) is 1. The smallest absolute Gasteiger partial charge is 0.0170 e. The molecule has 0 aromatic carbocycles. The molecule has 1 rings (SSSR count). The van der Waals surface area contributed by atoms with Crippen LogP contribution in [0.1, 0.15) is 27.2 Å². The Hall–Kier alpha value is -0.0800. The molecule has 0 aliphatic carbocycles. The second-order valence-corrected chi connectivity index (χ2v) is 4.15. The Balaban J connectivity index is 2.43. The molecule has 1 fully saturated rings. The molecule has 2 nitrogen and oxygen atoms in total. The molecule has 0 aromatic rings. The Morgan fingerprint density at radius 3 is 2.45 bits per heavy atom. The molecule has 0 unspecified atom stereocenters. The Kier molecular flexibility index (Phi) is 2.90. The van der Waals surface area contributed by atoms with E-state index in [9.17, 15) is 0 Å². The van der Waals surface area contributed by atoms with Crippen LogP contribution in [0.25, 0.3) is 0 Å². The molecule has 11 heavy (non-hydrogen) atoms. The van der Waals surface area contributed by atoms with Crippen molar-refractivity contribution in [1.82, 2.24) is 4.90 Å². The van der Waals surface area contributed by atoms with Crippen LogP contribution in [0.2, 0.25) is 0 Å². The summed E-state index contributed by atoms with van der Waals surface area (Å²) in [4.78, 5) is 2.47. The van der Waals surface area contributed by atoms with Gasteiger partial charge >= 0.3 is 0 Å². The molecule has 0 bridgehead atoms. The molecule has 0 saturated carbocycles. The van der Waals surface area contributed by atoms with Gasteiger partial charge in [0.1, 0.15) is 0 Å². The van der Waals surface area contributed by atoms with Crippen molar-refractivity contribution in [2.24, 2.45) is 11.7 Å². The molecule has 1 aliphatic heterocycles. The summed E-state index contributed by atoms with van der Waals surface area (Å²) in [7, 11) is 0. The minimum Gasteiger partial charge on any atom is -0.327 e. The van der Waals surface area contributed by atoms with Gasteiger partial charge in [0.15, 0.2) is 0 Å². The number of hydrogen-bond acceptors (Lipinski definition) is 2. The van der Waals surface area contributed by atoms with Crippen LogP contribution >= 0.6 is 0 Å². The first-order valence-corrected chi connectivity index (χ1v) is 4.59. The lowest BCUT2D eigenvalue weighted by molar-refractivity contribution is 0.132. The van der Waals surface area contributed by atoms with E-state index in [0.717, 1.165) is 12.5 Å². The highest BCUT2D eigenvalue weighted by Crippen LogP contribution is 2.16. The van der Waals surface area contributed by atoms with Crippen LogP contribution in [0, 0.1) is 5.92 Å². The highest BCUT2D eigenvalue weighted by atomic mass is 15.2. The average Bonchev–Trinajstić information content (AvgIpc) is 1.85. The van der Waals surface area contributed by atoms with Crippen molar-refractivity contribution in [3.8, 4) is 0 Å². The van der Waals surface area contributed by atoms with Gasteiger partial charge in [0.2, 0.25) is 0 Å². The Labute approximate surface area is 69.8 Å². The first-order chi connectivity index (χ1) is 5.09. The van der Waals surface area contributed by atoms with Gasteiger partial charge in [-0.3, -0.25) is 4.90 Å². The highest BCUT2D eigenvalue weighted by Gasteiger charge is 2.23. The van der Waals surface area contributed by atoms with E-state index in [1.54, 1.807) is 0 Å². The molecule has 0 amide bonds. The highest BCUT2D eigenvalue weighted by molar-refractivity contribution is 4.80. The number of hydrogen-bond donors (Lipinski definition) is 1. The predicted octanol–water partition coefficient (Wildman–Crippen LogP) is 1.06. The SMILES string of the molecule is CC(C)N1C[C@@H](C)C[C@@H](N)C1. The molecule has 0 radical (unpaired) electrons. The Morgan fingerprint density at radius 1 is 1.36 bits per heavy atom. The maximum absolute atomic E-state index is 5.91. The largest absolute Gasteiger partial charge is 0.327 e. The number of rotatable bonds is 1. The fraction of sp³-hybridized carbons (Fsp3) is 1.00. The lowest BCUT2D eigenvalue weighted by Gasteiger charge is -2.37. The molecule has 2 atom stereocenters. The molecule has 0 spiro atoms. The first kappa shape index (κ1) is 9.01. The third-order valence-electron chi connectivity index (χ3n) is 2.45. The molecular formula is C9H20N2. The topological polar surface area (TPSA) is 29.3 Å². The fourth-order valence-corrected chi connectivity index (χ4v) is 1.86. The Morgan fingerprint density at radius 2 is 2.00 bits per heavy atom. The summed E-state index contributed by atoms with van der Waals surface area (Å²) in [5, 5.41) is 0. The normalized spacial score (nSPS) is 34.6. The van der Waals surface area contributed by atoms with Gasteiger partial charge in [-0.2, -0.15) is 0 Å². The van der Waals surface area contributed by atoms with E-state index >= 15 is 0 Å². The number of piperidine rings is 1.